The van der Waals surface area contributed by atoms with Crippen LogP contribution in [0.3, 0.4) is 0 Å². The number of benzene rings is 4. The van der Waals surface area contributed by atoms with E-state index in [1.165, 1.54) is 58.9 Å². The van der Waals surface area contributed by atoms with Crippen LogP contribution in [0.25, 0.3) is 11.1 Å². The molecule has 1 aliphatic rings. The molecule has 0 spiro atoms. The van der Waals surface area contributed by atoms with Gasteiger partial charge in [0.15, 0.2) is 0 Å². The Balaban J connectivity index is 0.000000340. The van der Waals surface area contributed by atoms with Crippen LogP contribution < -0.4 is 24.8 Å². The molecule has 0 aromatic heterocycles. The number of halogens is 4. The molecule has 0 heterocycles. The molecular formula is C47H54Cl4Hf-2. The first-order chi connectivity index (χ1) is 23.1. The van der Waals surface area contributed by atoms with E-state index in [2.05, 4.69) is 119 Å². The summed E-state index contributed by atoms with van der Waals surface area (Å²) in [5, 5.41) is 1.54. The minimum Gasteiger partial charge on any atom is -1.00 e. The molecule has 0 bridgehead atoms. The van der Waals surface area contributed by atoms with Gasteiger partial charge in [0.1, 0.15) is 0 Å². The predicted octanol–water partition coefficient (Wildman–Crippen LogP) is 7.77. The van der Waals surface area contributed by atoms with E-state index in [4.69, 9.17) is 23.2 Å². The first-order valence-corrected chi connectivity index (χ1v) is 20.2. The molecule has 5 heteroatoms. The standard InChI is InChI=1S/C29H41.C13H8Cl2.C5H5.2ClH.Hf/c1-26(2,3)22-14-18-13-19-15-23(27(4,5)6)25(29(10,11)12)17-21(19)20(18)16-24(22)28(7,8)9;14-12-5-1-3-10(8-12)7-11-4-2-6-13(15)9-11;1-2-4-5-3-1;;;/h14,16-17H,13H2,1-12H3;1-6,8-9H;1-5H;2*1H;/q-1;;-1;;;+2/p-2. The van der Waals surface area contributed by atoms with Gasteiger partial charge >= 0.3 is 120 Å². The minimum atomic E-state index is 0. The van der Waals surface area contributed by atoms with Gasteiger partial charge in [-0.15, -0.1) is 16.7 Å². The van der Waals surface area contributed by atoms with Crippen molar-refractivity contribution in [1.82, 2.24) is 0 Å². The van der Waals surface area contributed by atoms with Crippen LogP contribution >= 0.6 is 23.2 Å². The van der Waals surface area contributed by atoms with E-state index in [9.17, 15) is 0 Å². The van der Waals surface area contributed by atoms with Crippen LogP contribution in [-0.4, -0.2) is 3.26 Å². The summed E-state index contributed by atoms with van der Waals surface area (Å²) >= 11 is 12.9. The third-order valence-electron chi connectivity index (χ3n) is 9.02. The summed E-state index contributed by atoms with van der Waals surface area (Å²) in [6.07, 6.45) is 1.01. The second-order valence-electron chi connectivity index (χ2n) is 17.5. The molecule has 52 heavy (non-hydrogen) atoms. The van der Waals surface area contributed by atoms with E-state index in [1.807, 2.05) is 66.7 Å². The molecule has 0 aliphatic heterocycles. The van der Waals surface area contributed by atoms with Crippen molar-refractivity contribution in [2.45, 2.75) is 111 Å². The van der Waals surface area contributed by atoms with Crippen LogP contribution in [0.5, 0.6) is 0 Å². The summed E-state index contributed by atoms with van der Waals surface area (Å²) < 4.78 is 1.31. The number of fused-ring (bicyclic) bond motifs is 3. The molecule has 0 radical (unpaired) electrons. The maximum Gasteiger partial charge on any atom is -0.172 e. The molecule has 0 saturated heterocycles. The average Bonchev–Trinajstić information content (AvgIpc) is 3.70. The van der Waals surface area contributed by atoms with E-state index < -0.39 is 0 Å². The van der Waals surface area contributed by atoms with Crippen molar-refractivity contribution in [3.05, 3.63) is 158 Å². The first kappa shape index (κ1) is 46.3. The van der Waals surface area contributed by atoms with Crippen molar-refractivity contribution in [1.29, 1.82) is 0 Å². The van der Waals surface area contributed by atoms with Gasteiger partial charge in [0, 0.05) is 0 Å². The first-order valence-electron chi connectivity index (χ1n) is 17.6. The van der Waals surface area contributed by atoms with E-state index in [0.717, 1.165) is 40.4 Å². The van der Waals surface area contributed by atoms with Gasteiger partial charge in [-0.1, -0.05) is 106 Å². The molecule has 0 N–H and O–H groups in total. The quantitative estimate of drug-likeness (QED) is 0.123. The van der Waals surface area contributed by atoms with E-state index in [1.54, 1.807) is 0 Å². The Labute approximate surface area is 352 Å². The van der Waals surface area contributed by atoms with Crippen molar-refractivity contribution < 1.29 is 48.7 Å². The predicted molar refractivity (Wildman–Crippen MR) is 216 cm³/mol. The summed E-state index contributed by atoms with van der Waals surface area (Å²) in [5.74, 6) is 0. The topological polar surface area (TPSA) is 0 Å². The fourth-order valence-electron chi connectivity index (χ4n) is 6.40. The third-order valence-corrected chi connectivity index (χ3v) is 11.6. The summed E-state index contributed by atoms with van der Waals surface area (Å²) in [4.78, 5) is 0. The fraction of sp³-hybridized carbons (Fsp3) is 0.362. The summed E-state index contributed by atoms with van der Waals surface area (Å²) in [5.41, 5.74) is 14.3. The molecule has 1 aliphatic carbocycles. The van der Waals surface area contributed by atoms with Gasteiger partial charge in [0.25, 0.3) is 0 Å². The van der Waals surface area contributed by atoms with Crippen molar-refractivity contribution in [3.63, 3.8) is 0 Å². The molecule has 5 aromatic carbocycles. The van der Waals surface area contributed by atoms with Crippen LogP contribution in [-0.2, 0) is 52.0 Å². The second-order valence-corrected chi connectivity index (χ2v) is 20.2. The molecule has 0 saturated carbocycles. The second kappa shape index (κ2) is 18.2. The zero-order valence-electron chi connectivity index (χ0n) is 33.0. The van der Waals surface area contributed by atoms with Crippen LogP contribution in [0, 0.1) is 6.07 Å². The zero-order valence-corrected chi connectivity index (χ0v) is 39.6. The zero-order chi connectivity index (χ0) is 37.2. The van der Waals surface area contributed by atoms with Gasteiger partial charge in [0.2, 0.25) is 0 Å². The molecule has 0 unspecified atom stereocenters. The van der Waals surface area contributed by atoms with Gasteiger partial charge in [-0.2, -0.15) is 35.9 Å². The smallest absolute Gasteiger partial charge is 0.172 e. The van der Waals surface area contributed by atoms with Crippen molar-refractivity contribution in [2.24, 2.45) is 0 Å². The Morgan fingerprint density at radius 1 is 0.577 bits per heavy atom. The van der Waals surface area contributed by atoms with Gasteiger partial charge in [-0.3, -0.25) is 0 Å². The van der Waals surface area contributed by atoms with Crippen LogP contribution in [0.1, 0.15) is 128 Å². The van der Waals surface area contributed by atoms with Crippen LogP contribution in [0.2, 0.25) is 10.0 Å². The molecule has 0 atom stereocenters. The summed E-state index contributed by atoms with van der Waals surface area (Å²) in [6, 6.07) is 37.2. The minimum absolute atomic E-state index is 0. The van der Waals surface area contributed by atoms with Crippen LogP contribution in [0.15, 0.2) is 97.1 Å². The maximum atomic E-state index is 5.98. The Morgan fingerprint density at radius 2 is 1.02 bits per heavy atom. The van der Waals surface area contributed by atoms with Gasteiger partial charge in [0.05, 0.1) is 0 Å². The fourth-order valence-corrected chi connectivity index (χ4v) is 7.90. The molecular weight excluding hydrogens is 885 g/mol. The maximum absolute atomic E-state index is 5.98. The van der Waals surface area contributed by atoms with Gasteiger partial charge in [-0.05, 0) is 39.4 Å². The van der Waals surface area contributed by atoms with E-state index in [0.29, 0.717) is 0 Å². The summed E-state index contributed by atoms with van der Waals surface area (Å²) in [7, 11) is 0. The molecule has 6 rings (SSSR count). The molecule has 0 nitrogen and oxygen atoms in total. The summed E-state index contributed by atoms with van der Waals surface area (Å²) in [6.45, 7) is 28.0. The Bertz CT molecular complexity index is 1800. The number of rotatable bonds is 2. The average molecular weight is 939 g/mol. The van der Waals surface area contributed by atoms with Crippen molar-refractivity contribution >= 4 is 26.5 Å². The Hall–Kier alpha value is -1.87. The van der Waals surface area contributed by atoms with Gasteiger partial charge < -0.3 is 24.8 Å². The number of hydrogen-bond donors (Lipinski definition) is 0. The Kier molecular flexibility index (Phi) is 16.2. The van der Waals surface area contributed by atoms with Gasteiger partial charge in [-0.25, -0.2) is 12.1 Å². The van der Waals surface area contributed by atoms with E-state index in [-0.39, 0.29) is 46.5 Å². The molecule has 5 aromatic rings. The normalized spacial score (nSPS) is 12.2. The van der Waals surface area contributed by atoms with Crippen LogP contribution in [0.4, 0.5) is 0 Å². The van der Waals surface area contributed by atoms with Crippen molar-refractivity contribution in [2.75, 3.05) is 0 Å². The number of hydrogen-bond acceptors (Lipinski definition) is 0. The largest absolute Gasteiger partial charge is 1.00 e. The SMILES string of the molecule is CC(C)(C)c1[c-]c2c(cc1C(C)(C)C)-c1cc(C(C)(C)C)c(C(C)(C)C)cc1C2.Clc1cccc([C](=[Hf+2])c2cccc(Cl)c2)c1.[Cl-].[Cl-].c1cc[cH-]c1. The van der Waals surface area contributed by atoms with Crippen molar-refractivity contribution in [3.8, 4) is 11.1 Å². The third kappa shape index (κ3) is 11.8. The van der Waals surface area contributed by atoms with E-state index >= 15 is 0 Å². The Morgan fingerprint density at radius 3 is 1.40 bits per heavy atom. The molecule has 0 amide bonds. The molecule has 0 fully saturated rings. The monoisotopic (exact) mass is 938 g/mol. The molecule has 276 valence electrons.